The summed E-state index contributed by atoms with van der Waals surface area (Å²) in [5, 5.41) is 10.2. The van der Waals surface area contributed by atoms with E-state index in [-0.39, 0.29) is 6.10 Å². The van der Waals surface area contributed by atoms with E-state index in [1.165, 1.54) is 42.1 Å². The Balaban J connectivity index is 1.92. The SMILES string of the molecule is O[C@H]1/C(=C/c2ccccc2)[NH+]2CCC1CC2. The van der Waals surface area contributed by atoms with Gasteiger partial charge in [-0.1, -0.05) is 30.3 Å². The standard InChI is InChI=1S/C14H17NO/c16-14-12-6-8-15(9-7-12)13(14)10-11-4-2-1-3-5-11/h1-5,10,12,14,16H,6-9H2/p+1/b13-10-/t14-/m1/s1. The fraction of sp³-hybridized carbons (Fsp3) is 0.429. The van der Waals surface area contributed by atoms with Gasteiger partial charge in [0.1, 0.15) is 11.8 Å². The summed E-state index contributed by atoms with van der Waals surface area (Å²) in [6, 6.07) is 10.3. The fourth-order valence-corrected chi connectivity index (χ4v) is 2.97. The lowest BCUT2D eigenvalue weighted by molar-refractivity contribution is -0.880. The van der Waals surface area contributed by atoms with Gasteiger partial charge in [-0.05, 0) is 5.56 Å². The average Bonchev–Trinajstić information content (AvgIpc) is 2.36. The third-order valence-corrected chi connectivity index (χ3v) is 3.93. The minimum atomic E-state index is -0.210. The second-order valence-corrected chi connectivity index (χ2v) is 4.90. The molecular formula is C14H18NO+. The summed E-state index contributed by atoms with van der Waals surface area (Å²) in [6.07, 6.45) is 4.33. The molecule has 3 fully saturated rings. The molecule has 2 N–H and O–H groups in total. The maximum atomic E-state index is 10.2. The van der Waals surface area contributed by atoms with Crippen molar-refractivity contribution in [1.29, 1.82) is 0 Å². The molecule has 0 saturated carbocycles. The molecule has 0 unspecified atom stereocenters. The predicted molar refractivity (Wildman–Crippen MR) is 63.8 cm³/mol. The Labute approximate surface area is 96.2 Å². The Morgan fingerprint density at radius 1 is 1.12 bits per heavy atom. The smallest absolute Gasteiger partial charge is 0.137 e. The van der Waals surface area contributed by atoms with Crippen LogP contribution in [0.4, 0.5) is 0 Å². The van der Waals surface area contributed by atoms with Crippen molar-refractivity contribution < 1.29 is 10.0 Å². The van der Waals surface area contributed by atoms with Crippen LogP contribution >= 0.6 is 0 Å². The van der Waals surface area contributed by atoms with Crippen molar-refractivity contribution in [3.8, 4) is 0 Å². The zero-order valence-electron chi connectivity index (χ0n) is 9.39. The van der Waals surface area contributed by atoms with E-state index in [4.69, 9.17) is 0 Å². The molecule has 84 valence electrons. The molecule has 2 bridgehead atoms. The molecule has 4 rings (SSSR count). The van der Waals surface area contributed by atoms with E-state index in [9.17, 15) is 5.11 Å². The van der Waals surface area contributed by atoms with Crippen molar-refractivity contribution in [2.45, 2.75) is 18.9 Å². The number of hydrogen-bond acceptors (Lipinski definition) is 1. The topological polar surface area (TPSA) is 24.7 Å². The first-order valence-corrected chi connectivity index (χ1v) is 6.14. The quantitative estimate of drug-likeness (QED) is 0.709. The highest BCUT2D eigenvalue weighted by Crippen LogP contribution is 2.24. The third-order valence-electron chi connectivity index (χ3n) is 3.93. The lowest BCUT2D eigenvalue weighted by atomic mass is 9.83. The van der Waals surface area contributed by atoms with Crippen molar-refractivity contribution in [2.24, 2.45) is 5.92 Å². The van der Waals surface area contributed by atoms with Gasteiger partial charge in [-0.3, -0.25) is 0 Å². The Morgan fingerprint density at radius 2 is 1.81 bits per heavy atom. The molecule has 1 atom stereocenters. The minimum Gasteiger partial charge on any atom is -0.383 e. The van der Waals surface area contributed by atoms with Crippen LogP contribution in [-0.2, 0) is 0 Å². The van der Waals surface area contributed by atoms with E-state index >= 15 is 0 Å². The van der Waals surface area contributed by atoms with Gasteiger partial charge in [0.15, 0.2) is 0 Å². The van der Waals surface area contributed by atoms with Crippen molar-refractivity contribution in [2.75, 3.05) is 13.1 Å². The first-order chi connectivity index (χ1) is 7.84. The van der Waals surface area contributed by atoms with Gasteiger partial charge in [-0.15, -0.1) is 0 Å². The van der Waals surface area contributed by atoms with E-state index in [1.54, 1.807) is 0 Å². The Kier molecular flexibility index (Phi) is 2.54. The van der Waals surface area contributed by atoms with Gasteiger partial charge in [0.05, 0.1) is 13.1 Å². The van der Waals surface area contributed by atoms with Crippen molar-refractivity contribution in [3.05, 3.63) is 41.6 Å². The molecule has 16 heavy (non-hydrogen) atoms. The van der Waals surface area contributed by atoms with E-state index in [0.29, 0.717) is 5.92 Å². The van der Waals surface area contributed by atoms with Crippen molar-refractivity contribution in [3.63, 3.8) is 0 Å². The summed E-state index contributed by atoms with van der Waals surface area (Å²) in [7, 11) is 0. The predicted octanol–water partition coefficient (Wildman–Crippen LogP) is 0.697. The number of quaternary nitrogens is 1. The first kappa shape index (κ1) is 10.1. The fourth-order valence-electron chi connectivity index (χ4n) is 2.97. The maximum Gasteiger partial charge on any atom is 0.137 e. The number of hydrogen-bond donors (Lipinski definition) is 2. The maximum absolute atomic E-state index is 10.2. The summed E-state index contributed by atoms with van der Waals surface area (Å²) in [4.78, 5) is 1.49. The van der Waals surface area contributed by atoms with Gasteiger partial charge in [0, 0.05) is 24.8 Å². The normalized spacial score (nSPS) is 35.6. The number of piperidine rings is 3. The molecule has 0 spiro atoms. The highest BCUT2D eigenvalue weighted by atomic mass is 16.3. The Hall–Kier alpha value is -1.12. The van der Waals surface area contributed by atoms with Crippen LogP contribution in [0.1, 0.15) is 18.4 Å². The van der Waals surface area contributed by atoms with E-state index < -0.39 is 0 Å². The molecule has 3 saturated heterocycles. The molecule has 2 nitrogen and oxygen atoms in total. The monoisotopic (exact) mass is 216 g/mol. The van der Waals surface area contributed by atoms with Crippen LogP contribution in [-0.4, -0.2) is 24.3 Å². The zero-order valence-corrected chi connectivity index (χ0v) is 9.39. The molecule has 2 heteroatoms. The molecule has 1 aromatic rings. The summed E-state index contributed by atoms with van der Waals surface area (Å²) < 4.78 is 0. The van der Waals surface area contributed by atoms with Crippen LogP contribution in [0.2, 0.25) is 0 Å². The Bertz CT molecular complexity index is 386. The lowest BCUT2D eigenvalue weighted by Crippen LogP contribution is -3.14. The second kappa shape index (κ2) is 4.04. The number of fused-ring (bicyclic) bond motifs is 3. The summed E-state index contributed by atoms with van der Waals surface area (Å²) >= 11 is 0. The minimum absolute atomic E-state index is 0.210. The number of benzene rings is 1. The van der Waals surface area contributed by atoms with Crippen LogP contribution in [0.15, 0.2) is 36.0 Å². The van der Waals surface area contributed by atoms with Gasteiger partial charge in [0.25, 0.3) is 0 Å². The number of aliphatic hydroxyl groups is 1. The summed E-state index contributed by atoms with van der Waals surface area (Å²) in [6.45, 7) is 2.39. The summed E-state index contributed by atoms with van der Waals surface area (Å²) in [5.74, 6) is 0.507. The zero-order chi connectivity index (χ0) is 11.0. The number of nitrogens with one attached hydrogen (secondary N) is 1. The molecule has 3 aliphatic heterocycles. The first-order valence-electron chi connectivity index (χ1n) is 6.14. The van der Waals surface area contributed by atoms with Crippen LogP contribution in [0.3, 0.4) is 0 Å². The van der Waals surface area contributed by atoms with Crippen LogP contribution in [0.25, 0.3) is 6.08 Å². The number of rotatable bonds is 1. The Morgan fingerprint density at radius 3 is 2.44 bits per heavy atom. The van der Waals surface area contributed by atoms with Gasteiger partial charge < -0.3 is 10.0 Å². The van der Waals surface area contributed by atoms with Gasteiger partial charge in [-0.25, -0.2) is 0 Å². The van der Waals surface area contributed by atoms with E-state index in [0.717, 1.165) is 0 Å². The molecule has 3 heterocycles. The molecule has 0 aliphatic carbocycles. The van der Waals surface area contributed by atoms with Crippen molar-refractivity contribution >= 4 is 6.08 Å². The highest BCUT2D eigenvalue weighted by molar-refractivity contribution is 5.51. The molecule has 0 radical (unpaired) electrons. The van der Waals surface area contributed by atoms with Gasteiger partial charge >= 0.3 is 0 Å². The molecule has 0 aromatic heterocycles. The second-order valence-electron chi connectivity index (χ2n) is 4.90. The largest absolute Gasteiger partial charge is 0.383 e. The van der Waals surface area contributed by atoms with Crippen LogP contribution in [0.5, 0.6) is 0 Å². The van der Waals surface area contributed by atoms with Gasteiger partial charge in [0.2, 0.25) is 0 Å². The van der Waals surface area contributed by atoms with Crippen LogP contribution < -0.4 is 4.90 Å². The molecule has 0 amide bonds. The van der Waals surface area contributed by atoms with Gasteiger partial charge in [-0.2, -0.15) is 0 Å². The number of aliphatic hydroxyl groups excluding tert-OH is 1. The third kappa shape index (κ3) is 1.68. The van der Waals surface area contributed by atoms with Crippen LogP contribution in [0, 0.1) is 5.92 Å². The molecule has 3 aliphatic rings. The lowest BCUT2D eigenvalue weighted by Gasteiger charge is -2.41. The summed E-state index contributed by atoms with van der Waals surface area (Å²) in [5.41, 5.74) is 2.41. The highest BCUT2D eigenvalue weighted by Gasteiger charge is 2.40. The van der Waals surface area contributed by atoms with E-state index in [1.807, 2.05) is 18.2 Å². The van der Waals surface area contributed by atoms with Crippen molar-refractivity contribution in [1.82, 2.24) is 0 Å². The molecular weight excluding hydrogens is 198 g/mol. The molecule has 1 aromatic carbocycles. The average molecular weight is 216 g/mol. The van der Waals surface area contributed by atoms with E-state index in [2.05, 4.69) is 18.2 Å².